The van der Waals surface area contributed by atoms with Crippen LogP contribution in [0.2, 0.25) is 5.02 Å². The quantitative estimate of drug-likeness (QED) is 0.0445. The number of aldehydes is 1. The van der Waals surface area contributed by atoms with Crippen LogP contribution in [0.25, 0.3) is 36.3 Å². The van der Waals surface area contributed by atoms with Crippen molar-refractivity contribution in [3.8, 4) is 0 Å². The number of ether oxygens (including phenoxy) is 1. The normalized spacial score (nSPS) is 12.6. The maximum absolute atomic E-state index is 11.5. The molecule has 0 aliphatic carbocycles. The summed E-state index contributed by atoms with van der Waals surface area (Å²) in [5, 5.41) is 66.2. The van der Waals surface area contributed by atoms with E-state index >= 15 is 0 Å². The van der Waals surface area contributed by atoms with Crippen molar-refractivity contribution in [3.05, 3.63) is 220 Å². The van der Waals surface area contributed by atoms with E-state index in [1.54, 1.807) is 66.8 Å². The molecule has 3 N–H and O–H groups in total. The van der Waals surface area contributed by atoms with Crippen LogP contribution in [-0.2, 0) is 30.8 Å². The zero-order chi connectivity index (χ0) is 60.2. The van der Waals surface area contributed by atoms with Gasteiger partial charge in [-0.2, -0.15) is 0 Å². The molecule has 0 saturated carbocycles. The second-order valence-corrected chi connectivity index (χ2v) is 23.9. The lowest BCUT2D eigenvalue weighted by Gasteiger charge is -1.98. The third-order valence-electron chi connectivity index (χ3n) is 11.1. The zero-order valence-corrected chi connectivity index (χ0v) is 46.4. The first-order valence-electron chi connectivity index (χ1n) is 22.8. The number of nitrogens with two attached hydrogens (primary N) is 1. The first-order chi connectivity index (χ1) is 38.7. The standard InChI is InChI=1S/C11H9NO4S.C9H5NO4S.C8H5NO4S.C8H9NO2S.C8H5NO2S.C7H4ClNO3/c1-2-16-11(13)10-6-7-5-8(12(14)15)3-4-9(7)17-10;11-9(12)8-4-5-3-6(10(13)14)1-2-7(5)15-8;10-9(11)7-1-2-8-6(5-7)3-4-14(8,12)13;9-7-1-2-8-6(5-7)3-4-12(8,10)11;10-9(11)7-1-2-8-6(5-7)3-4-12-8;8-7-2-1-6(9(11)12)3-5(7)4-10/h3-6H,2H2,1H3;1-4H,(H,11,12);1-5H;1-2,5H,3-4,9H2;1-5H;1-4H. The highest BCUT2D eigenvalue weighted by molar-refractivity contribution is 7.94. The van der Waals surface area contributed by atoms with Crippen LogP contribution >= 0.6 is 45.6 Å². The predicted molar refractivity (Wildman–Crippen MR) is 308 cm³/mol. The summed E-state index contributed by atoms with van der Waals surface area (Å²) in [6, 6.07) is 31.0. The number of aryl methyl sites for hydroxylation is 1. The minimum Gasteiger partial charge on any atom is -0.477 e. The van der Waals surface area contributed by atoms with Crippen LogP contribution in [0.1, 0.15) is 47.8 Å². The van der Waals surface area contributed by atoms with Crippen LogP contribution in [0.5, 0.6) is 0 Å². The number of nitro groups is 5. The van der Waals surface area contributed by atoms with Gasteiger partial charge in [-0.15, -0.1) is 34.0 Å². The van der Waals surface area contributed by atoms with Crippen molar-refractivity contribution in [1.82, 2.24) is 0 Å². The molecule has 82 heavy (non-hydrogen) atoms. The number of fused-ring (bicyclic) bond motifs is 5. The maximum atomic E-state index is 11.5. The molecular weight excluding hydrogens is 1200 g/mol. The Bertz CT molecular complexity index is 4280. The fourth-order valence-corrected chi connectivity index (χ4v) is 12.7. The Hall–Kier alpha value is -9.46. The van der Waals surface area contributed by atoms with Crippen molar-refractivity contribution in [2.24, 2.45) is 0 Å². The Morgan fingerprint density at radius 3 is 1.67 bits per heavy atom. The minimum absolute atomic E-state index is 0.0192. The fourth-order valence-electron chi connectivity index (χ4n) is 7.23. The number of hydrogen-bond donors (Lipinski definition) is 2. The molecule has 25 nitrogen and oxygen atoms in total. The van der Waals surface area contributed by atoms with Gasteiger partial charge < -0.3 is 15.6 Å². The summed E-state index contributed by atoms with van der Waals surface area (Å²) in [5.74, 6) is -1.18. The second kappa shape index (κ2) is 26.7. The summed E-state index contributed by atoms with van der Waals surface area (Å²) in [4.78, 5) is 83.3. The SMILES string of the molecule is CCOC(=O)c1cc2cc([N+](=O)[O-])ccc2s1.Nc1ccc2c(c1)CCS2(=O)=O.O=C(O)c1cc2cc([N+](=O)[O-])ccc2s1.O=Cc1cc([N+](=O)[O-])ccc1Cl.O=[N+]([O-])c1ccc2c(c1)C=CS2(=O)=O.O=[N+]([O-])c1ccc2sccc2c1. The number of carbonyl (C=O) groups is 3. The van der Waals surface area contributed by atoms with E-state index in [1.165, 1.54) is 84.1 Å². The molecular formula is C51H37ClN6O19S5. The van der Waals surface area contributed by atoms with Crippen molar-refractivity contribution in [3.63, 3.8) is 0 Å². The van der Waals surface area contributed by atoms with Crippen molar-refractivity contribution in [2.75, 3.05) is 18.1 Å². The Morgan fingerprint density at radius 2 is 1.12 bits per heavy atom. The number of aromatic carboxylic acids is 1. The lowest BCUT2D eigenvalue weighted by molar-refractivity contribution is -0.385. The number of thiophene rings is 3. The molecule has 3 aromatic heterocycles. The number of non-ortho nitro benzene ring substituents is 5. The van der Waals surface area contributed by atoms with Crippen molar-refractivity contribution < 1.29 is 65.7 Å². The van der Waals surface area contributed by atoms with Gasteiger partial charge in [0.05, 0.1) is 51.8 Å². The summed E-state index contributed by atoms with van der Waals surface area (Å²) >= 11 is 9.50. The highest BCUT2D eigenvalue weighted by Gasteiger charge is 2.26. The molecule has 0 radical (unpaired) electrons. The lowest BCUT2D eigenvalue weighted by Crippen LogP contribution is -2.01. The van der Waals surface area contributed by atoms with Gasteiger partial charge in [0.25, 0.3) is 28.4 Å². The van der Waals surface area contributed by atoms with Crippen LogP contribution in [0.3, 0.4) is 0 Å². The predicted octanol–water partition coefficient (Wildman–Crippen LogP) is 12.3. The smallest absolute Gasteiger partial charge is 0.348 e. The van der Waals surface area contributed by atoms with Crippen LogP contribution in [0.15, 0.2) is 148 Å². The van der Waals surface area contributed by atoms with Crippen LogP contribution in [0.4, 0.5) is 34.1 Å². The van der Waals surface area contributed by atoms with Crippen LogP contribution in [0, 0.1) is 50.6 Å². The van der Waals surface area contributed by atoms with Gasteiger partial charge in [0.1, 0.15) is 9.75 Å². The molecule has 0 amide bonds. The number of carboxylic acids is 1. The van der Waals surface area contributed by atoms with Gasteiger partial charge in [0.15, 0.2) is 26.0 Å². The number of hydrogen-bond acceptors (Lipinski definition) is 22. The van der Waals surface area contributed by atoms with Gasteiger partial charge >= 0.3 is 11.9 Å². The average Bonchev–Trinajstić information content (AvgIpc) is 4.50. The molecule has 11 rings (SSSR count). The topological polar surface area (TPSA) is 391 Å². The first kappa shape index (κ1) is 61.7. The van der Waals surface area contributed by atoms with Crippen LogP contribution < -0.4 is 5.73 Å². The van der Waals surface area contributed by atoms with Gasteiger partial charge in [0.2, 0.25) is 0 Å². The van der Waals surface area contributed by atoms with E-state index in [4.69, 9.17) is 27.2 Å². The molecule has 2 aliphatic rings. The monoisotopic (exact) mass is 1230 g/mol. The number of nitro benzene ring substituents is 5. The number of nitrogens with zero attached hydrogens (tertiary/aromatic N) is 5. The van der Waals surface area contributed by atoms with E-state index in [-0.39, 0.29) is 59.5 Å². The van der Waals surface area contributed by atoms with E-state index in [9.17, 15) is 81.8 Å². The number of esters is 1. The van der Waals surface area contributed by atoms with E-state index in [2.05, 4.69) is 0 Å². The number of rotatable bonds is 9. The van der Waals surface area contributed by atoms with Gasteiger partial charge in [-0.1, -0.05) is 11.6 Å². The summed E-state index contributed by atoms with van der Waals surface area (Å²) in [5.41, 5.74) is 7.42. The number of sulfone groups is 2. The second-order valence-electron chi connectivity index (χ2n) is 16.4. The first-order valence-corrected chi connectivity index (χ1v) is 28.9. The van der Waals surface area contributed by atoms with Crippen molar-refractivity contribution in [2.45, 2.75) is 23.1 Å². The maximum Gasteiger partial charge on any atom is 0.348 e. The van der Waals surface area contributed by atoms with Gasteiger partial charge in [0, 0.05) is 108 Å². The molecule has 0 saturated heterocycles. The molecule has 0 bridgehead atoms. The van der Waals surface area contributed by atoms with Gasteiger partial charge in [-0.25, -0.2) is 26.4 Å². The van der Waals surface area contributed by atoms with E-state index in [0.717, 1.165) is 47.9 Å². The molecule has 0 atom stereocenters. The zero-order valence-electron chi connectivity index (χ0n) is 41.6. The minimum atomic E-state index is -3.35. The molecule has 0 unspecified atom stereocenters. The molecule has 0 fully saturated rings. The number of carboxylic acid groups (broad SMARTS) is 1. The van der Waals surface area contributed by atoms with E-state index < -0.39 is 51.3 Å². The van der Waals surface area contributed by atoms with Crippen molar-refractivity contribution in [1.29, 1.82) is 0 Å². The Kier molecular flexibility index (Phi) is 20.1. The largest absolute Gasteiger partial charge is 0.477 e. The lowest BCUT2D eigenvalue weighted by atomic mass is 10.1. The number of halogens is 1. The summed E-state index contributed by atoms with van der Waals surface area (Å²) < 4.78 is 52.7. The average molecular weight is 1230 g/mol. The van der Waals surface area contributed by atoms with Crippen molar-refractivity contribution >= 4 is 154 Å². The molecule has 0 spiro atoms. The number of benzene rings is 6. The van der Waals surface area contributed by atoms with E-state index in [0.29, 0.717) is 51.1 Å². The highest BCUT2D eigenvalue weighted by Crippen LogP contribution is 2.33. The molecule has 31 heteroatoms. The number of nitrogen functional groups attached to an aromatic ring is 1. The Balaban J connectivity index is 0.000000159. The molecule has 5 heterocycles. The van der Waals surface area contributed by atoms with Gasteiger partial charge in [-0.3, -0.25) is 55.4 Å². The highest BCUT2D eigenvalue weighted by atomic mass is 35.5. The molecule has 6 aromatic carbocycles. The third kappa shape index (κ3) is 15.7. The molecule has 9 aromatic rings. The fraction of sp³-hybridized carbons (Fsp3) is 0.0784. The molecule has 2 aliphatic heterocycles. The number of anilines is 1. The summed E-state index contributed by atoms with van der Waals surface area (Å²) in [6.45, 7) is 2.04. The summed E-state index contributed by atoms with van der Waals surface area (Å²) in [7, 11) is -6.33. The van der Waals surface area contributed by atoms with Gasteiger partial charge in [-0.05, 0) is 102 Å². The van der Waals surface area contributed by atoms with Crippen LogP contribution in [-0.4, -0.2) is 77.1 Å². The molecule has 422 valence electrons. The summed E-state index contributed by atoms with van der Waals surface area (Å²) in [6.07, 6.45) is 2.44. The third-order valence-corrected chi connectivity index (χ3v) is 17.8. The number of carbonyl (C=O) groups excluding carboxylic acids is 2. The Morgan fingerprint density at radius 1 is 0.634 bits per heavy atom. The Labute approximate surface area is 478 Å². The van der Waals surface area contributed by atoms with E-state index in [1.807, 2.05) is 11.4 Å².